The van der Waals surface area contributed by atoms with Crippen molar-refractivity contribution in [1.82, 2.24) is 19.7 Å². The van der Waals surface area contributed by atoms with E-state index >= 15 is 0 Å². The first-order chi connectivity index (χ1) is 17.9. The van der Waals surface area contributed by atoms with Crippen molar-refractivity contribution in [3.05, 3.63) is 103 Å². The number of aryl methyl sites for hydroxylation is 1. The second-order valence-electron chi connectivity index (χ2n) is 8.54. The molecule has 7 nitrogen and oxygen atoms in total. The van der Waals surface area contributed by atoms with Crippen LogP contribution in [0.5, 0.6) is 0 Å². The lowest BCUT2D eigenvalue weighted by atomic mass is 10.2. The highest BCUT2D eigenvalue weighted by atomic mass is 127. The van der Waals surface area contributed by atoms with Crippen molar-refractivity contribution in [2.24, 2.45) is 0 Å². The Balaban J connectivity index is 1.43. The summed E-state index contributed by atoms with van der Waals surface area (Å²) in [5.74, 6) is -0.136. The summed E-state index contributed by atoms with van der Waals surface area (Å²) in [5.41, 5.74) is 2.47. The average molecular weight is 644 g/mol. The maximum atomic E-state index is 13.7. The van der Waals surface area contributed by atoms with Gasteiger partial charge >= 0.3 is 0 Å². The van der Waals surface area contributed by atoms with Crippen LogP contribution in [0.3, 0.4) is 0 Å². The van der Waals surface area contributed by atoms with Crippen LogP contribution in [-0.4, -0.2) is 51.8 Å². The largest absolute Gasteiger partial charge is 0.366 e. The summed E-state index contributed by atoms with van der Waals surface area (Å²) in [4.78, 5) is 36.5. The van der Waals surface area contributed by atoms with Gasteiger partial charge in [-0.15, -0.1) is 0 Å². The second-order valence-corrected chi connectivity index (χ2v) is 11.2. The lowest BCUT2D eigenvalue weighted by Crippen LogP contribution is -2.49. The summed E-state index contributed by atoms with van der Waals surface area (Å²) in [6.45, 7) is 3.97. The van der Waals surface area contributed by atoms with Crippen molar-refractivity contribution < 1.29 is 4.79 Å². The first-order valence-corrected chi connectivity index (χ1v) is 14.0. The number of hydrogen-bond donors (Lipinski definition) is 0. The van der Waals surface area contributed by atoms with E-state index in [0.29, 0.717) is 42.3 Å². The molecule has 37 heavy (non-hydrogen) atoms. The van der Waals surface area contributed by atoms with E-state index < -0.39 is 0 Å². The molecule has 1 saturated heterocycles. The number of aromatic nitrogens is 3. The maximum Gasteiger partial charge on any atom is 0.287 e. The third-order valence-corrected chi connectivity index (χ3v) is 8.18. The van der Waals surface area contributed by atoms with Gasteiger partial charge in [-0.05, 0) is 78.0 Å². The number of carbonyl (C=O) groups excluding carboxylic acids is 1. The van der Waals surface area contributed by atoms with Gasteiger partial charge in [0, 0.05) is 40.3 Å². The fraction of sp³-hybridized carbons (Fsp3) is 0.185. The van der Waals surface area contributed by atoms with E-state index in [0.717, 1.165) is 19.8 Å². The van der Waals surface area contributed by atoms with E-state index in [1.807, 2.05) is 61.5 Å². The smallest absolute Gasteiger partial charge is 0.287 e. The zero-order valence-corrected chi connectivity index (χ0v) is 23.7. The van der Waals surface area contributed by atoms with Crippen LogP contribution >= 0.6 is 46.0 Å². The third kappa shape index (κ3) is 5.68. The zero-order valence-electron chi connectivity index (χ0n) is 20.0. The van der Waals surface area contributed by atoms with Crippen molar-refractivity contribution in [2.75, 3.05) is 31.1 Å². The molecule has 3 heterocycles. The maximum absolute atomic E-state index is 13.7. The summed E-state index contributed by atoms with van der Waals surface area (Å²) >= 11 is 9.94. The van der Waals surface area contributed by atoms with Crippen LogP contribution < -0.4 is 10.5 Å². The molecule has 10 heteroatoms. The number of nitrogens with zero attached hydrogens (tertiary/aromatic N) is 5. The molecule has 0 N–H and O–H groups in total. The molecular weight excluding hydrogens is 621 g/mol. The van der Waals surface area contributed by atoms with Crippen LogP contribution in [0.25, 0.3) is 5.69 Å². The number of piperazine rings is 1. The van der Waals surface area contributed by atoms with Gasteiger partial charge in [-0.2, -0.15) is 9.78 Å². The molecule has 0 atom stereocenters. The molecule has 1 aliphatic heterocycles. The van der Waals surface area contributed by atoms with Gasteiger partial charge in [0.25, 0.3) is 11.5 Å². The fourth-order valence-corrected chi connectivity index (χ4v) is 5.73. The van der Waals surface area contributed by atoms with Gasteiger partial charge in [-0.3, -0.25) is 9.59 Å². The molecule has 188 valence electrons. The topological polar surface area (TPSA) is 71.3 Å². The Morgan fingerprint density at radius 3 is 2.35 bits per heavy atom. The van der Waals surface area contributed by atoms with Gasteiger partial charge in [0.1, 0.15) is 10.0 Å². The number of halogens is 2. The number of para-hydroxylation sites is 1. The van der Waals surface area contributed by atoms with Gasteiger partial charge in [0.2, 0.25) is 0 Å². The quantitative estimate of drug-likeness (QED) is 0.217. The molecule has 2 aromatic heterocycles. The average Bonchev–Trinajstić information content (AvgIpc) is 2.91. The second kappa shape index (κ2) is 11.2. The summed E-state index contributed by atoms with van der Waals surface area (Å²) in [7, 11) is 0. The molecule has 2 aromatic carbocycles. The Kier molecular flexibility index (Phi) is 7.82. The number of hydrogen-bond acceptors (Lipinski definition) is 6. The molecule has 0 saturated carbocycles. The first kappa shape index (κ1) is 25.7. The van der Waals surface area contributed by atoms with E-state index in [1.54, 1.807) is 23.2 Å². The minimum atomic E-state index is -0.178. The highest BCUT2D eigenvalue weighted by Crippen LogP contribution is 2.33. The third-order valence-electron chi connectivity index (χ3n) is 6.08. The van der Waals surface area contributed by atoms with E-state index in [4.69, 9.17) is 11.6 Å². The molecule has 0 spiro atoms. The van der Waals surface area contributed by atoms with Crippen LogP contribution in [0.2, 0.25) is 5.15 Å². The molecule has 5 rings (SSSR count). The van der Waals surface area contributed by atoms with E-state index in [2.05, 4.69) is 37.6 Å². The summed E-state index contributed by atoms with van der Waals surface area (Å²) in [6, 6.07) is 21.0. The van der Waals surface area contributed by atoms with Crippen LogP contribution in [0.4, 0.5) is 5.69 Å². The van der Waals surface area contributed by atoms with E-state index in [-0.39, 0.29) is 16.6 Å². The molecule has 0 bridgehead atoms. The Morgan fingerprint density at radius 1 is 0.973 bits per heavy atom. The molecule has 4 aromatic rings. The number of pyridine rings is 1. The Morgan fingerprint density at radius 2 is 1.68 bits per heavy atom. The highest BCUT2D eigenvalue weighted by Gasteiger charge is 2.27. The number of anilines is 1. The molecule has 0 radical (unpaired) electrons. The molecule has 0 aliphatic carbocycles. The Labute approximate surface area is 237 Å². The van der Waals surface area contributed by atoms with E-state index in [9.17, 15) is 9.59 Å². The van der Waals surface area contributed by atoms with Crippen LogP contribution in [-0.2, 0) is 0 Å². The minimum absolute atomic E-state index is 0.136. The minimum Gasteiger partial charge on any atom is -0.366 e. The number of benzene rings is 2. The van der Waals surface area contributed by atoms with Gasteiger partial charge < -0.3 is 9.80 Å². The zero-order chi connectivity index (χ0) is 25.9. The van der Waals surface area contributed by atoms with Gasteiger partial charge in [-0.1, -0.05) is 41.6 Å². The van der Waals surface area contributed by atoms with Crippen LogP contribution in [0.15, 0.2) is 87.5 Å². The summed E-state index contributed by atoms with van der Waals surface area (Å²) in [6.07, 6.45) is 1.75. The van der Waals surface area contributed by atoms with Gasteiger partial charge in [0.05, 0.1) is 23.1 Å². The van der Waals surface area contributed by atoms with Crippen molar-refractivity contribution in [2.45, 2.75) is 16.7 Å². The van der Waals surface area contributed by atoms with Crippen molar-refractivity contribution in [3.8, 4) is 5.69 Å². The van der Waals surface area contributed by atoms with E-state index in [1.165, 1.54) is 16.4 Å². The lowest BCUT2D eigenvalue weighted by molar-refractivity contribution is 0.0746. The normalized spacial score (nSPS) is 13.6. The predicted molar refractivity (Wildman–Crippen MR) is 155 cm³/mol. The molecule has 1 aliphatic rings. The number of carbonyl (C=O) groups is 1. The highest BCUT2D eigenvalue weighted by molar-refractivity contribution is 14.1. The Hall–Kier alpha value is -2.89. The van der Waals surface area contributed by atoms with Crippen molar-refractivity contribution in [1.29, 1.82) is 0 Å². The predicted octanol–water partition coefficient (Wildman–Crippen LogP) is 5.31. The molecule has 1 fully saturated rings. The lowest BCUT2D eigenvalue weighted by Gasteiger charge is -2.36. The monoisotopic (exact) mass is 643 g/mol. The standard InChI is InChI=1S/C27H23ClIN5O2S/c1-18-7-12-22(25(28)31-18)26(35)33-15-13-32(14-16-33)23-17-30-34(20-5-3-2-4-6-20)27(36)24(23)37-21-10-8-19(29)9-11-21/h2-12,17H,13-16H2,1H3. The SMILES string of the molecule is Cc1ccc(C(=O)N2CCN(c3cnn(-c4ccccc4)c(=O)c3Sc3ccc(I)cc3)CC2)c(Cl)n1. The first-order valence-electron chi connectivity index (χ1n) is 11.7. The van der Waals surface area contributed by atoms with Crippen molar-refractivity contribution >= 4 is 57.5 Å². The molecule has 1 amide bonds. The van der Waals surface area contributed by atoms with Gasteiger partial charge in [-0.25, -0.2) is 4.98 Å². The van der Waals surface area contributed by atoms with Crippen LogP contribution in [0.1, 0.15) is 16.1 Å². The fourth-order valence-electron chi connectivity index (χ4n) is 4.13. The molecule has 0 unspecified atom stereocenters. The van der Waals surface area contributed by atoms with Crippen LogP contribution in [0, 0.1) is 10.5 Å². The Bertz CT molecular complexity index is 1490. The summed E-state index contributed by atoms with van der Waals surface area (Å²) < 4.78 is 2.56. The summed E-state index contributed by atoms with van der Waals surface area (Å²) in [5, 5.41) is 4.72. The van der Waals surface area contributed by atoms with Gasteiger partial charge in [0.15, 0.2) is 0 Å². The number of rotatable bonds is 5. The van der Waals surface area contributed by atoms with Crippen molar-refractivity contribution in [3.63, 3.8) is 0 Å². The number of amides is 1. The molecular formula is C27H23ClIN5O2S.